The normalized spacial score (nSPS) is 17.2. The van der Waals surface area contributed by atoms with Crippen molar-refractivity contribution in [1.29, 1.82) is 0 Å². The number of benzene rings is 2. The number of amides is 1. The Morgan fingerprint density at radius 1 is 1.18 bits per heavy atom. The molecule has 1 aliphatic rings. The first kappa shape index (κ1) is 19.0. The fourth-order valence-corrected chi connectivity index (χ4v) is 3.46. The number of nitrogens with one attached hydrogen (secondary N) is 1. The van der Waals surface area contributed by atoms with Crippen LogP contribution in [0.25, 0.3) is 11.0 Å². The molecule has 1 fully saturated rings. The molecule has 0 unspecified atom stereocenters. The number of fused-ring (bicyclic) bond motifs is 1. The van der Waals surface area contributed by atoms with Crippen molar-refractivity contribution in [2.45, 2.75) is 18.9 Å². The van der Waals surface area contributed by atoms with Crippen molar-refractivity contribution in [1.82, 2.24) is 5.32 Å². The molecular weight excluding hydrogens is 399 g/mol. The highest BCUT2D eigenvalue weighted by atomic mass is 35.5. The van der Waals surface area contributed by atoms with Crippen LogP contribution in [-0.2, 0) is 4.74 Å². The lowest BCUT2D eigenvalue weighted by Crippen LogP contribution is -2.34. The van der Waals surface area contributed by atoms with Crippen LogP contribution in [0, 0.1) is 0 Å². The van der Waals surface area contributed by atoms with Gasteiger partial charge in [-0.1, -0.05) is 35.3 Å². The van der Waals surface area contributed by atoms with E-state index in [4.69, 9.17) is 32.4 Å². The molecule has 3 aromatic rings. The summed E-state index contributed by atoms with van der Waals surface area (Å²) in [7, 11) is 0. The fraction of sp³-hybridized carbons (Fsp3) is 0.238. The Bertz CT molecular complexity index is 1090. The number of nitrogens with zero attached hydrogens (tertiary/aromatic N) is 1. The van der Waals surface area contributed by atoms with Crippen LogP contribution < -0.4 is 10.9 Å². The summed E-state index contributed by atoms with van der Waals surface area (Å²) >= 11 is 12.3. The third kappa shape index (κ3) is 4.22. The number of hydrogen-bond donors (Lipinski definition) is 1. The van der Waals surface area contributed by atoms with Crippen LogP contribution in [0.5, 0.6) is 0 Å². The van der Waals surface area contributed by atoms with Gasteiger partial charge in [-0.25, -0.2) is 4.99 Å². The monoisotopic (exact) mass is 416 g/mol. The second-order valence-corrected chi connectivity index (χ2v) is 7.40. The smallest absolute Gasteiger partial charge is 0.256 e. The maximum Gasteiger partial charge on any atom is 0.256 e. The Morgan fingerprint density at radius 3 is 2.82 bits per heavy atom. The minimum absolute atomic E-state index is 0.0414. The second-order valence-electron chi connectivity index (χ2n) is 6.56. The number of carbonyl (C=O) groups excluding carboxylic acids is 1. The minimum Gasteiger partial charge on any atom is -0.438 e. The molecule has 28 heavy (non-hydrogen) atoms. The first-order valence-corrected chi connectivity index (χ1v) is 9.78. The van der Waals surface area contributed by atoms with Crippen LogP contribution in [0.3, 0.4) is 0 Å². The highest BCUT2D eigenvalue weighted by molar-refractivity contribution is 6.33. The van der Waals surface area contributed by atoms with E-state index < -0.39 is 0 Å². The molecule has 5 nitrogen and oxygen atoms in total. The molecule has 1 atom stereocenters. The Hall–Kier alpha value is -2.34. The number of rotatable bonds is 4. The van der Waals surface area contributed by atoms with Crippen molar-refractivity contribution < 1.29 is 13.9 Å². The summed E-state index contributed by atoms with van der Waals surface area (Å²) in [4.78, 5) is 17.4. The van der Waals surface area contributed by atoms with E-state index in [0.29, 0.717) is 38.8 Å². The van der Waals surface area contributed by atoms with E-state index in [1.165, 1.54) is 0 Å². The molecule has 0 aliphatic carbocycles. The zero-order valence-electron chi connectivity index (χ0n) is 15.0. The lowest BCUT2D eigenvalue weighted by Gasteiger charge is -2.11. The molecule has 4 rings (SSSR count). The predicted molar refractivity (Wildman–Crippen MR) is 109 cm³/mol. The van der Waals surface area contributed by atoms with Gasteiger partial charge in [0.25, 0.3) is 5.91 Å². The predicted octanol–water partition coefficient (Wildman–Crippen LogP) is 4.88. The number of halogens is 2. The molecule has 1 amide bonds. The van der Waals surface area contributed by atoms with Crippen molar-refractivity contribution in [3.63, 3.8) is 0 Å². The van der Waals surface area contributed by atoms with Crippen molar-refractivity contribution in [2.24, 2.45) is 4.99 Å². The van der Waals surface area contributed by atoms with E-state index in [9.17, 15) is 4.79 Å². The molecule has 0 radical (unpaired) electrons. The summed E-state index contributed by atoms with van der Waals surface area (Å²) in [6.45, 7) is 1.18. The summed E-state index contributed by atoms with van der Waals surface area (Å²) in [5, 5.41) is 4.66. The first-order valence-electron chi connectivity index (χ1n) is 9.02. The van der Waals surface area contributed by atoms with E-state index in [-0.39, 0.29) is 17.6 Å². The highest BCUT2D eigenvalue weighted by Crippen LogP contribution is 2.24. The van der Waals surface area contributed by atoms with Gasteiger partial charge in [-0.3, -0.25) is 4.79 Å². The Kier molecular flexibility index (Phi) is 5.67. The standard InChI is InChI=1S/C21H18Cl2N2O3/c22-14-7-8-19-13(10-14)11-16(20(26)24-12-15-4-3-9-27-15)21(28-19)25-18-6-2-1-5-17(18)23/h1-2,5-8,10-11,15H,3-4,9,12H2,(H,24,26)/t15-/m1/s1. The number of carbonyl (C=O) groups is 1. The average Bonchev–Trinajstić information content (AvgIpc) is 3.21. The zero-order valence-corrected chi connectivity index (χ0v) is 16.5. The fourth-order valence-electron chi connectivity index (χ4n) is 3.11. The second kappa shape index (κ2) is 8.35. The molecule has 2 heterocycles. The topological polar surface area (TPSA) is 63.8 Å². The van der Waals surface area contributed by atoms with Gasteiger partial charge >= 0.3 is 0 Å². The molecule has 0 bridgehead atoms. The van der Waals surface area contributed by atoms with Gasteiger partial charge in [-0.2, -0.15) is 0 Å². The molecule has 1 aromatic heterocycles. The van der Waals surface area contributed by atoms with E-state index >= 15 is 0 Å². The van der Waals surface area contributed by atoms with Crippen molar-refractivity contribution in [3.05, 3.63) is 69.7 Å². The Labute approximate surface area is 171 Å². The van der Waals surface area contributed by atoms with E-state index in [0.717, 1.165) is 19.4 Å². The van der Waals surface area contributed by atoms with Gasteiger partial charge in [0.05, 0.1) is 16.8 Å². The van der Waals surface area contributed by atoms with Gasteiger partial charge in [0.1, 0.15) is 11.1 Å². The first-order chi connectivity index (χ1) is 13.6. The third-order valence-corrected chi connectivity index (χ3v) is 5.10. The van der Waals surface area contributed by atoms with Crippen LogP contribution in [0.1, 0.15) is 23.2 Å². The van der Waals surface area contributed by atoms with Gasteiger partial charge in [0.15, 0.2) is 0 Å². The SMILES string of the molecule is O=C(NC[C@H]1CCCO1)c1cc2cc(Cl)ccc2oc1=Nc1ccccc1Cl. The van der Waals surface area contributed by atoms with E-state index in [1.807, 2.05) is 12.1 Å². The zero-order chi connectivity index (χ0) is 19.5. The van der Waals surface area contributed by atoms with Gasteiger partial charge in [0, 0.05) is 23.6 Å². The van der Waals surface area contributed by atoms with Crippen LogP contribution in [0.2, 0.25) is 10.0 Å². The summed E-state index contributed by atoms with van der Waals surface area (Å²) in [5.41, 5.74) is 1.60. The summed E-state index contributed by atoms with van der Waals surface area (Å²) < 4.78 is 11.5. The summed E-state index contributed by atoms with van der Waals surface area (Å²) in [6, 6.07) is 14.1. The number of para-hydroxylation sites is 1. The maximum absolute atomic E-state index is 12.9. The molecule has 144 valence electrons. The van der Waals surface area contributed by atoms with Crippen LogP contribution in [-0.4, -0.2) is 25.2 Å². The van der Waals surface area contributed by atoms with Gasteiger partial charge in [0.2, 0.25) is 5.55 Å². The highest BCUT2D eigenvalue weighted by Gasteiger charge is 2.18. The molecule has 2 aromatic carbocycles. The molecular formula is C21H18Cl2N2O3. The molecule has 1 saturated heterocycles. The van der Waals surface area contributed by atoms with Crippen LogP contribution >= 0.6 is 23.2 Å². The Morgan fingerprint density at radius 2 is 2.04 bits per heavy atom. The minimum atomic E-state index is -0.285. The number of hydrogen-bond acceptors (Lipinski definition) is 4. The largest absolute Gasteiger partial charge is 0.438 e. The van der Waals surface area contributed by atoms with E-state index in [2.05, 4.69) is 10.3 Å². The Balaban J connectivity index is 1.77. The molecule has 0 saturated carbocycles. The summed E-state index contributed by atoms with van der Waals surface area (Å²) in [5.74, 6) is -0.285. The molecule has 7 heteroatoms. The lowest BCUT2D eigenvalue weighted by atomic mass is 10.1. The average molecular weight is 417 g/mol. The van der Waals surface area contributed by atoms with Crippen LogP contribution in [0.15, 0.2) is 57.9 Å². The van der Waals surface area contributed by atoms with Crippen molar-refractivity contribution in [2.75, 3.05) is 13.2 Å². The lowest BCUT2D eigenvalue weighted by molar-refractivity contribution is 0.0854. The van der Waals surface area contributed by atoms with Gasteiger partial charge in [-0.15, -0.1) is 0 Å². The van der Waals surface area contributed by atoms with Crippen LogP contribution in [0.4, 0.5) is 5.69 Å². The number of ether oxygens (including phenoxy) is 1. The van der Waals surface area contributed by atoms with Gasteiger partial charge in [-0.05, 0) is 49.2 Å². The van der Waals surface area contributed by atoms with E-state index in [1.54, 1.807) is 36.4 Å². The van der Waals surface area contributed by atoms with Crippen molar-refractivity contribution in [3.8, 4) is 0 Å². The maximum atomic E-state index is 12.9. The third-order valence-electron chi connectivity index (χ3n) is 4.54. The quantitative estimate of drug-likeness (QED) is 0.658. The molecule has 1 aliphatic heterocycles. The molecule has 0 spiro atoms. The molecule has 1 N–H and O–H groups in total. The van der Waals surface area contributed by atoms with Crippen molar-refractivity contribution >= 4 is 45.8 Å². The van der Waals surface area contributed by atoms with Gasteiger partial charge < -0.3 is 14.5 Å². The summed E-state index contributed by atoms with van der Waals surface area (Å²) in [6.07, 6.45) is 1.99.